The molecular weight excluding hydrogens is 372 g/mol. The van der Waals surface area contributed by atoms with Crippen LogP contribution in [0.25, 0.3) is 0 Å². The summed E-state index contributed by atoms with van der Waals surface area (Å²) in [6.07, 6.45) is 1.86. The van der Waals surface area contributed by atoms with Crippen LogP contribution in [-0.2, 0) is 6.54 Å². The van der Waals surface area contributed by atoms with Gasteiger partial charge >= 0.3 is 0 Å². The maximum absolute atomic E-state index is 6.34. The second kappa shape index (κ2) is 7.74. The molecule has 0 saturated heterocycles. The van der Waals surface area contributed by atoms with E-state index in [1.165, 1.54) is 0 Å². The van der Waals surface area contributed by atoms with E-state index in [0.29, 0.717) is 0 Å². The van der Waals surface area contributed by atoms with Crippen LogP contribution in [0, 0.1) is 0 Å². The molecule has 0 amide bonds. The summed E-state index contributed by atoms with van der Waals surface area (Å²) < 4.78 is 3.06. The molecule has 0 spiro atoms. The summed E-state index contributed by atoms with van der Waals surface area (Å²) in [5, 5.41) is 10.8. The molecule has 4 nitrogen and oxygen atoms in total. The van der Waals surface area contributed by atoms with E-state index < -0.39 is 0 Å². The minimum Gasteiger partial charge on any atom is -0.308 e. The maximum Gasteiger partial charge on any atom is 0.0868 e. The van der Waals surface area contributed by atoms with E-state index in [2.05, 4.69) is 52.3 Å². The predicted octanol–water partition coefficient (Wildman–Crippen LogP) is 3.62. The lowest BCUT2D eigenvalue weighted by Gasteiger charge is -2.20. The van der Waals surface area contributed by atoms with E-state index in [1.807, 2.05) is 22.3 Å². The van der Waals surface area contributed by atoms with Crippen LogP contribution in [0.3, 0.4) is 0 Å². The molecule has 0 saturated carbocycles. The highest BCUT2D eigenvalue weighted by Gasteiger charge is 2.24. The van der Waals surface area contributed by atoms with Crippen molar-refractivity contribution in [2.24, 2.45) is 0 Å². The Morgan fingerprint density at radius 1 is 1.52 bits per heavy atom. The second-order valence-corrected chi connectivity index (χ2v) is 7.24. The Bertz CT molecular complexity index is 581. The number of halogens is 2. The highest BCUT2D eigenvalue weighted by atomic mass is 79.9. The van der Waals surface area contributed by atoms with E-state index in [0.717, 1.165) is 39.7 Å². The fourth-order valence-electron chi connectivity index (χ4n) is 2.16. The Labute approximate surface area is 143 Å². The molecule has 116 valence electrons. The number of nitrogens with one attached hydrogen (secondary N) is 1. The molecule has 1 atom stereocenters. The Kier molecular flexibility index (Phi) is 6.25. The molecule has 2 rings (SSSR count). The quantitative estimate of drug-likeness (QED) is 0.782. The van der Waals surface area contributed by atoms with E-state index in [1.54, 1.807) is 11.3 Å². The van der Waals surface area contributed by atoms with E-state index in [4.69, 9.17) is 11.6 Å². The summed E-state index contributed by atoms with van der Waals surface area (Å²) in [5.74, 6) is 0. The summed E-state index contributed by atoms with van der Waals surface area (Å²) in [6.45, 7) is 4.75. The number of nitrogens with zero attached hydrogens (tertiary/aromatic N) is 3. The smallest absolute Gasteiger partial charge is 0.0868 e. The number of hydrogen-bond acceptors (Lipinski definition) is 4. The SMILES string of the molecule is CCNC(c1sccc1Cl)c1c(Br)cnn1CCN(C)C. The molecule has 21 heavy (non-hydrogen) atoms. The number of likely N-dealkylation sites (N-methyl/N-ethyl adjacent to an activating group) is 1. The minimum absolute atomic E-state index is 0.0570. The standard InChI is InChI=1S/C14H20BrClN4S/c1-4-17-12(14-11(16)5-8-21-14)13-10(15)9-18-20(13)7-6-19(2)3/h5,8-9,12,17H,4,6-7H2,1-3H3. The normalized spacial score (nSPS) is 13.0. The summed E-state index contributed by atoms with van der Waals surface area (Å²) in [4.78, 5) is 3.28. The summed E-state index contributed by atoms with van der Waals surface area (Å²) in [5.41, 5.74) is 1.13. The summed E-state index contributed by atoms with van der Waals surface area (Å²) in [7, 11) is 4.13. The molecule has 2 aromatic heterocycles. The van der Waals surface area contributed by atoms with Gasteiger partial charge in [0.2, 0.25) is 0 Å². The zero-order valence-electron chi connectivity index (χ0n) is 12.4. The molecule has 0 radical (unpaired) electrons. The predicted molar refractivity (Wildman–Crippen MR) is 93.3 cm³/mol. The number of aromatic nitrogens is 2. The molecule has 2 heterocycles. The first-order valence-electron chi connectivity index (χ1n) is 6.86. The summed E-state index contributed by atoms with van der Waals surface area (Å²) >= 11 is 11.6. The fraction of sp³-hybridized carbons (Fsp3) is 0.500. The fourth-order valence-corrected chi connectivity index (χ4v) is 3.93. The average Bonchev–Trinajstić information content (AvgIpc) is 3.00. The molecule has 0 bridgehead atoms. The molecule has 1 N–H and O–H groups in total. The van der Waals surface area contributed by atoms with Crippen molar-refractivity contribution in [1.82, 2.24) is 20.0 Å². The zero-order valence-corrected chi connectivity index (χ0v) is 15.6. The van der Waals surface area contributed by atoms with Gasteiger partial charge in [0, 0.05) is 11.4 Å². The second-order valence-electron chi connectivity index (χ2n) is 5.03. The van der Waals surface area contributed by atoms with Crippen molar-refractivity contribution in [3.63, 3.8) is 0 Å². The van der Waals surface area contributed by atoms with Gasteiger partial charge in [-0.05, 0) is 48.0 Å². The Morgan fingerprint density at radius 2 is 2.29 bits per heavy atom. The lowest BCUT2D eigenvalue weighted by Crippen LogP contribution is -2.27. The Morgan fingerprint density at radius 3 is 2.86 bits per heavy atom. The number of thiophene rings is 1. The van der Waals surface area contributed by atoms with Gasteiger partial charge in [0.25, 0.3) is 0 Å². The van der Waals surface area contributed by atoms with Gasteiger partial charge < -0.3 is 10.2 Å². The third-order valence-electron chi connectivity index (χ3n) is 3.18. The third kappa shape index (κ3) is 4.07. The lowest BCUT2D eigenvalue weighted by molar-refractivity contribution is 0.365. The molecular formula is C14H20BrClN4S. The van der Waals surface area contributed by atoms with Crippen molar-refractivity contribution in [3.8, 4) is 0 Å². The van der Waals surface area contributed by atoms with Crippen molar-refractivity contribution in [2.45, 2.75) is 19.5 Å². The Hall–Kier alpha value is -0.400. The van der Waals surface area contributed by atoms with Crippen LogP contribution >= 0.6 is 38.9 Å². The molecule has 7 heteroatoms. The third-order valence-corrected chi connectivity index (χ3v) is 5.22. The van der Waals surface area contributed by atoms with Crippen LogP contribution in [0.15, 0.2) is 22.1 Å². The first-order chi connectivity index (χ1) is 10.0. The molecule has 0 aliphatic heterocycles. The molecule has 0 aromatic carbocycles. The zero-order chi connectivity index (χ0) is 15.4. The number of hydrogen-bond donors (Lipinski definition) is 1. The van der Waals surface area contributed by atoms with Crippen LogP contribution in [0.4, 0.5) is 0 Å². The van der Waals surface area contributed by atoms with Gasteiger partial charge in [0.1, 0.15) is 0 Å². The first-order valence-corrected chi connectivity index (χ1v) is 8.91. The lowest BCUT2D eigenvalue weighted by atomic mass is 10.1. The highest BCUT2D eigenvalue weighted by molar-refractivity contribution is 9.10. The highest BCUT2D eigenvalue weighted by Crippen LogP contribution is 2.35. The Balaban J connectivity index is 2.36. The van der Waals surface area contributed by atoms with Crippen LogP contribution in [0.1, 0.15) is 23.5 Å². The van der Waals surface area contributed by atoms with Gasteiger partial charge in [-0.3, -0.25) is 4.68 Å². The topological polar surface area (TPSA) is 33.1 Å². The van der Waals surface area contributed by atoms with Crippen molar-refractivity contribution in [2.75, 3.05) is 27.2 Å². The maximum atomic E-state index is 6.34. The van der Waals surface area contributed by atoms with Crippen LogP contribution in [-0.4, -0.2) is 41.9 Å². The van der Waals surface area contributed by atoms with Crippen LogP contribution in [0.5, 0.6) is 0 Å². The first kappa shape index (κ1) is 17.0. The van der Waals surface area contributed by atoms with Crippen LogP contribution in [0.2, 0.25) is 5.02 Å². The average molecular weight is 392 g/mol. The van der Waals surface area contributed by atoms with Crippen LogP contribution < -0.4 is 5.32 Å². The van der Waals surface area contributed by atoms with Gasteiger partial charge in [0.05, 0.1) is 34.0 Å². The largest absolute Gasteiger partial charge is 0.308 e. The van der Waals surface area contributed by atoms with Gasteiger partial charge in [-0.25, -0.2) is 0 Å². The van der Waals surface area contributed by atoms with Crippen molar-refractivity contribution in [3.05, 3.63) is 37.7 Å². The van der Waals surface area contributed by atoms with Gasteiger partial charge in [-0.15, -0.1) is 11.3 Å². The minimum atomic E-state index is 0.0570. The number of rotatable bonds is 7. The van der Waals surface area contributed by atoms with Gasteiger partial charge in [-0.2, -0.15) is 5.10 Å². The molecule has 0 aliphatic carbocycles. The van der Waals surface area contributed by atoms with Gasteiger partial charge in [-0.1, -0.05) is 18.5 Å². The molecule has 2 aromatic rings. The van der Waals surface area contributed by atoms with E-state index in [-0.39, 0.29) is 6.04 Å². The molecule has 1 unspecified atom stereocenters. The summed E-state index contributed by atoms with van der Waals surface area (Å²) in [6, 6.07) is 2.00. The van der Waals surface area contributed by atoms with Gasteiger partial charge in [0.15, 0.2) is 0 Å². The van der Waals surface area contributed by atoms with Crippen molar-refractivity contribution < 1.29 is 0 Å². The van der Waals surface area contributed by atoms with E-state index >= 15 is 0 Å². The van der Waals surface area contributed by atoms with Crippen molar-refractivity contribution in [1.29, 1.82) is 0 Å². The van der Waals surface area contributed by atoms with E-state index in [9.17, 15) is 0 Å². The molecule has 0 fully saturated rings. The van der Waals surface area contributed by atoms with Crippen molar-refractivity contribution >= 4 is 38.9 Å². The monoisotopic (exact) mass is 390 g/mol. The molecule has 0 aliphatic rings.